The predicted octanol–water partition coefficient (Wildman–Crippen LogP) is 15.0. The van der Waals surface area contributed by atoms with E-state index in [-0.39, 0.29) is 0 Å². The largest absolute Gasteiger partial charge is 0.264 e. The van der Waals surface area contributed by atoms with Crippen LogP contribution in [0.25, 0.3) is 121 Å². The number of rotatable bonds is 6. The van der Waals surface area contributed by atoms with Crippen molar-refractivity contribution in [1.29, 1.82) is 0 Å². The van der Waals surface area contributed by atoms with Crippen molar-refractivity contribution < 1.29 is 0 Å². The Labute approximate surface area is 358 Å². The van der Waals surface area contributed by atoms with Gasteiger partial charge in [0.15, 0.2) is 5.82 Å². The van der Waals surface area contributed by atoms with Gasteiger partial charge in [-0.1, -0.05) is 158 Å². The van der Waals surface area contributed by atoms with Gasteiger partial charge in [-0.2, -0.15) is 0 Å². The molecule has 0 spiro atoms. The van der Waals surface area contributed by atoms with Gasteiger partial charge in [-0.3, -0.25) is 9.97 Å². The van der Waals surface area contributed by atoms with Gasteiger partial charge in [0, 0.05) is 46.9 Å². The van der Waals surface area contributed by atoms with Gasteiger partial charge >= 0.3 is 0 Å². The molecule has 0 unspecified atom stereocenters. The molecule has 0 aliphatic carbocycles. The fraction of sp³-hybridized carbons (Fsp3) is 0. The lowest BCUT2D eigenvalue weighted by atomic mass is 9.87. The molecule has 4 nitrogen and oxygen atoms in total. The molecule has 0 atom stereocenters. The Hall–Kier alpha value is -8.34. The van der Waals surface area contributed by atoms with Crippen LogP contribution in [0.4, 0.5) is 0 Å². The van der Waals surface area contributed by atoms with Crippen LogP contribution < -0.4 is 0 Å². The Balaban J connectivity index is 1.19. The molecule has 288 valence electrons. The Bertz CT molecular complexity index is 3660. The molecule has 9 aromatic carbocycles. The van der Waals surface area contributed by atoms with Gasteiger partial charge in [0.2, 0.25) is 0 Å². The number of pyridine rings is 2. The second-order valence-electron chi connectivity index (χ2n) is 15.8. The molecule has 0 radical (unpaired) electrons. The molecule has 0 bridgehead atoms. The molecule has 3 aromatic heterocycles. The van der Waals surface area contributed by atoms with Gasteiger partial charge in [-0.25, -0.2) is 9.97 Å². The molecule has 0 aliphatic heterocycles. The van der Waals surface area contributed by atoms with E-state index >= 15 is 0 Å². The average Bonchev–Trinajstić information content (AvgIpc) is 3.36. The van der Waals surface area contributed by atoms with Crippen LogP contribution in [-0.2, 0) is 0 Å². The van der Waals surface area contributed by atoms with Gasteiger partial charge in [0.05, 0.1) is 11.2 Å². The van der Waals surface area contributed by atoms with Crippen molar-refractivity contribution in [3.63, 3.8) is 0 Å². The summed E-state index contributed by atoms with van der Waals surface area (Å²) in [6.07, 6.45) is 7.41. The molecule has 12 rings (SSSR count). The predicted molar refractivity (Wildman–Crippen MR) is 258 cm³/mol. The number of nitrogens with zero attached hydrogens (tertiary/aromatic N) is 4. The average molecular weight is 789 g/mol. The van der Waals surface area contributed by atoms with E-state index in [4.69, 9.17) is 9.97 Å². The summed E-state index contributed by atoms with van der Waals surface area (Å²) in [7, 11) is 0. The summed E-state index contributed by atoms with van der Waals surface area (Å²) in [5.74, 6) is 0.664. The lowest BCUT2D eigenvalue weighted by molar-refractivity contribution is 1.23. The highest BCUT2D eigenvalue weighted by Crippen LogP contribution is 2.44. The highest BCUT2D eigenvalue weighted by molar-refractivity contribution is 6.19. The third-order valence-electron chi connectivity index (χ3n) is 12.2. The zero-order chi connectivity index (χ0) is 41.0. The smallest absolute Gasteiger partial charge is 0.160 e. The quantitative estimate of drug-likeness (QED) is 0.158. The molecule has 4 heteroatoms. The van der Waals surface area contributed by atoms with Crippen molar-refractivity contribution in [3.8, 4) is 67.2 Å². The van der Waals surface area contributed by atoms with Crippen molar-refractivity contribution in [2.45, 2.75) is 0 Å². The molecule has 0 N–H and O–H groups in total. The van der Waals surface area contributed by atoms with Crippen LogP contribution in [0.5, 0.6) is 0 Å². The van der Waals surface area contributed by atoms with Crippen LogP contribution in [0.1, 0.15) is 0 Å². The lowest BCUT2D eigenvalue weighted by Crippen LogP contribution is -1.99. The zero-order valence-electron chi connectivity index (χ0n) is 33.6. The first kappa shape index (κ1) is 35.6. The van der Waals surface area contributed by atoms with E-state index in [1.807, 2.05) is 30.7 Å². The number of benzene rings is 9. The van der Waals surface area contributed by atoms with E-state index in [2.05, 4.69) is 192 Å². The van der Waals surface area contributed by atoms with Crippen molar-refractivity contribution in [2.75, 3.05) is 0 Å². The van der Waals surface area contributed by atoms with Crippen molar-refractivity contribution in [2.24, 2.45) is 0 Å². The van der Waals surface area contributed by atoms with Gasteiger partial charge < -0.3 is 0 Å². The third kappa shape index (κ3) is 6.08. The Morgan fingerprint density at radius 2 is 0.758 bits per heavy atom. The molecule has 0 saturated heterocycles. The Morgan fingerprint density at radius 3 is 1.32 bits per heavy atom. The lowest BCUT2D eigenvalue weighted by Gasteiger charge is -2.18. The fourth-order valence-electron chi connectivity index (χ4n) is 9.21. The van der Waals surface area contributed by atoms with E-state index in [1.54, 1.807) is 6.20 Å². The standard InChI is InChI=1S/C58H36N4/c1-3-15-46-41(11-1)31-52(50-19-7-5-17-48(46)50)45-33-54(53-32-42-12-2-4-16-47(42)49-18-6-8-20-51(49)53)57-55(34-45)56(39-25-21-37(22-26-39)43-13-9-29-59-35-43)61-58(62-57)40-27-23-38(24-28-40)44-14-10-30-60-36-44/h1-36H. The number of aromatic nitrogens is 4. The first-order chi connectivity index (χ1) is 30.7. The number of hydrogen-bond acceptors (Lipinski definition) is 4. The number of hydrogen-bond donors (Lipinski definition) is 0. The monoisotopic (exact) mass is 788 g/mol. The van der Waals surface area contributed by atoms with E-state index in [9.17, 15) is 0 Å². The second-order valence-corrected chi connectivity index (χ2v) is 15.8. The van der Waals surface area contributed by atoms with Crippen molar-refractivity contribution >= 4 is 54.0 Å². The second kappa shape index (κ2) is 14.7. The Morgan fingerprint density at radius 1 is 0.274 bits per heavy atom. The van der Waals surface area contributed by atoms with Crippen molar-refractivity contribution in [3.05, 3.63) is 219 Å². The van der Waals surface area contributed by atoms with E-state index in [0.29, 0.717) is 5.82 Å². The van der Waals surface area contributed by atoms with Crippen LogP contribution in [0.2, 0.25) is 0 Å². The summed E-state index contributed by atoms with van der Waals surface area (Å²) in [6, 6.07) is 69.6. The van der Waals surface area contributed by atoms with Gasteiger partial charge in [0.1, 0.15) is 0 Å². The number of fused-ring (bicyclic) bond motifs is 7. The van der Waals surface area contributed by atoms with Crippen LogP contribution in [0.3, 0.4) is 0 Å². The van der Waals surface area contributed by atoms with Gasteiger partial charge in [-0.15, -0.1) is 0 Å². The molecule has 62 heavy (non-hydrogen) atoms. The maximum absolute atomic E-state index is 5.58. The minimum atomic E-state index is 0.664. The molecule has 0 amide bonds. The summed E-state index contributed by atoms with van der Waals surface area (Å²) in [5, 5.41) is 10.7. The molecule has 3 heterocycles. The van der Waals surface area contributed by atoms with E-state index in [0.717, 1.165) is 66.7 Å². The highest BCUT2D eigenvalue weighted by atomic mass is 14.9. The SMILES string of the molecule is c1cncc(-c2ccc(-c3nc(-c4ccc(-c5cccnc5)cc4)c4cc(-c5cc6ccccc6c6ccccc56)cc(-c5cc6ccccc6c6ccccc56)c4n3)cc2)c1. The molecule has 0 fully saturated rings. The molecule has 0 aliphatic rings. The molecule has 12 aromatic rings. The first-order valence-corrected chi connectivity index (χ1v) is 20.9. The summed E-state index contributed by atoms with van der Waals surface area (Å²) in [4.78, 5) is 19.8. The summed E-state index contributed by atoms with van der Waals surface area (Å²) < 4.78 is 0. The normalized spacial score (nSPS) is 11.5. The van der Waals surface area contributed by atoms with Crippen molar-refractivity contribution in [1.82, 2.24) is 19.9 Å². The molecular formula is C58H36N4. The van der Waals surface area contributed by atoms with E-state index < -0.39 is 0 Å². The summed E-state index contributed by atoms with van der Waals surface area (Å²) in [6.45, 7) is 0. The fourth-order valence-corrected chi connectivity index (χ4v) is 9.21. The maximum atomic E-state index is 5.58. The highest BCUT2D eigenvalue weighted by Gasteiger charge is 2.21. The van der Waals surface area contributed by atoms with Gasteiger partial charge in [0.25, 0.3) is 0 Å². The van der Waals surface area contributed by atoms with Crippen LogP contribution in [0.15, 0.2) is 219 Å². The summed E-state index contributed by atoms with van der Waals surface area (Å²) >= 11 is 0. The molecular weight excluding hydrogens is 753 g/mol. The molecule has 0 saturated carbocycles. The zero-order valence-corrected chi connectivity index (χ0v) is 33.6. The first-order valence-electron chi connectivity index (χ1n) is 20.9. The Kier molecular flexibility index (Phi) is 8.46. The van der Waals surface area contributed by atoms with Crippen LogP contribution in [0, 0.1) is 0 Å². The van der Waals surface area contributed by atoms with E-state index in [1.165, 1.54) is 48.7 Å². The topological polar surface area (TPSA) is 51.6 Å². The van der Waals surface area contributed by atoms with Crippen LogP contribution in [-0.4, -0.2) is 19.9 Å². The minimum Gasteiger partial charge on any atom is -0.264 e. The van der Waals surface area contributed by atoms with Crippen LogP contribution >= 0.6 is 0 Å². The third-order valence-corrected chi connectivity index (χ3v) is 12.2. The van der Waals surface area contributed by atoms with Gasteiger partial charge in [-0.05, 0) is 118 Å². The maximum Gasteiger partial charge on any atom is 0.160 e. The summed E-state index contributed by atoms with van der Waals surface area (Å²) in [5.41, 5.74) is 12.5. The minimum absolute atomic E-state index is 0.664.